The van der Waals surface area contributed by atoms with Crippen LogP contribution in [0.5, 0.6) is 5.75 Å². The molecule has 0 amide bonds. The maximum Gasteiger partial charge on any atom is 0.315 e. The Bertz CT molecular complexity index is 805. The van der Waals surface area contributed by atoms with E-state index >= 15 is 0 Å². The average Bonchev–Trinajstić information content (AvgIpc) is 2.82. The number of nitrogens with zero attached hydrogens (tertiary/aromatic N) is 1. The van der Waals surface area contributed by atoms with Gasteiger partial charge in [-0.25, -0.2) is 4.57 Å². The molecule has 100 valence electrons. The van der Waals surface area contributed by atoms with E-state index in [1.807, 2.05) is 30.3 Å². The third-order valence-corrected chi connectivity index (χ3v) is 3.76. The molecule has 0 radical (unpaired) electrons. The van der Waals surface area contributed by atoms with Crippen molar-refractivity contribution in [1.82, 2.24) is 4.57 Å². The van der Waals surface area contributed by atoms with E-state index in [0.717, 1.165) is 16.0 Å². The molecule has 0 unspecified atom stereocenters. The van der Waals surface area contributed by atoms with Crippen LogP contribution in [-0.2, 0) is 0 Å². The van der Waals surface area contributed by atoms with Gasteiger partial charge in [-0.05, 0) is 24.3 Å². The summed E-state index contributed by atoms with van der Waals surface area (Å²) >= 11 is 1.06. The van der Waals surface area contributed by atoms with Crippen LogP contribution in [0.15, 0.2) is 59.4 Å². The number of thiazole rings is 1. The van der Waals surface area contributed by atoms with Crippen LogP contribution in [0.1, 0.15) is 4.79 Å². The summed E-state index contributed by atoms with van der Waals surface area (Å²) < 4.78 is 7.36. The molecule has 5 heteroatoms. The van der Waals surface area contributed by atoms with E-state index in [-0.39, 0.29) is 17.4 Å². The SMILES string of the molecule is O=C(COc1ccccc1)n1c(=O)sc2ccccc21. The second-order valence-electron chi connectivity index (χ2n) is 4.17. The fourth-order valence-corrected chi connectivity index (χ4v) is 2.82. The molecule has 0 aliphatic heterocycles. The lowest BCUT2D eigenvalue weighted by atomic mass is 10.3. The number of aromatic nitrogens is 1. The van der Waals surface area contributed by atoms with Crippen LogP contribution in [0.2, 0.25) is 0 Å². The Hall–Kier alpha value is -2.40. The molecule has 0 fully saturated rings. The molecule has 0 bridgehead atoms. The number of hydrogen-bond acceptors (Lipinski definition) is 4. The van der Waals surface area contributed by atoms with E-state index < -0.39 is 0 Å². The van der Waals surface area contributed by atoms with E-state index in [0.29, 0.717) is 11.3 Å². The van der Waals surface area contributed by atoms with E-state index in [1.165, 1.54) is 4.57 Å². The molecule has 4 nitrogen and oxygen atoms in total. The molecule has 2 aromatic carbocycles. The highest BCUT2D eigenvalue weighted by Crippen LogP contribution is 2.16. The Morgan fingerprint density at radius 1 is 1.05 bits per heavy atom. The van der Waals surface area contributed by atoms with Crippen LogP contribution in [0.4, 0.5) is 0 Å². The molecule has 0 atom stereocenters. The van der Waals surface area contributed by atoms with Crippen molar-refractivity contribution in [3.63, 3.8) is 0 Å². The summed E-state index contributed by atoms with van der Waals surface area (Å²) in [5.41, 5.74) is 0.629. The first kappa shape index (κ1) is 12.6. The molecular formula is C15H11NO3S. The molecular weight excluding hydrogens is 274 g/mol. The lowest BCUT2D eigenvalue weighted by molar-refractivity contribution is 0.0840. The monoisotopic (exact) mass is 285 g/mol. The van der Waals surface area contributed by atoms with Crippen molar-refractivity contribution < 1.29 is 9.53 Å². The number of carbonyl (C=O) groups excluding carboxylic acids is 1. The second kappa shape index (κ2) is 5.30. The maximum absolute atomic E-state index is 12.2. The van der Waals surface area contributed by atoms with Gasteiger partial charge in [0.15, 0.2) is 6.61 Å². The number of para-hydroxylation sites is 2. The molecule has 0 aliphatic carbocycles. The summed E-state index contributed by atoms with van der Waals surface area (Å²) in [5.74, 6) is 0.240. The van der Waals surface area contributed by atoms with E-state index in [9.17, 15) is 9.59 Å². The number of carbonyl (C=O) groups is 1. The van der Waals surface area contributed by atoms with Gasteiger partial charge in [0.05, 0.1) is 10.2 Å². The highest BCUT2D eigenvalue weighted by Gasteiger charge is 2.14. The molecule has 3 aromatic rings. The van der Waals surface area contributed by atoms with Gasteiger partial charge in [0.25, 0.3) is 5.91 Å². The molecule has 3 rings (SSSR count). The minimum atomic E-state index is -0.365. The summed E-state index contributed by atoms with van der Waals surface area (Å²) in [6.07, 6.45) is 0. The number of rotatable bonds is 3. The first-order chi connectivity index (χ1) is 9.75. The fourth-order valence-electron chi connectivity index (χ4n) is 1.93. The zero-order chi connectivity index (χ0) is 13.9. The predicted octanol–water partition coefficient (Wildman–Crippen LogP) is 2.78. The van der Waals surface area contributed by atoms with Crippen LogP contribution in [0.25, 0.3) is 10.2 Å². The van der Waals surface area contributed by atoms with Gasteiger partial charge in [-0.2, -0.15) is 0 Å². The molecule has 0 saturated heterocycles. The molecule has 0 N–H and O–H groups in total. The second-order valence-corrected chi connectivity index (χ2v) is 5.16. The van der Waals surface area contributed by atoms with Gasteiger partial charge >= 0.3 is 4.87 Å². The largest absolute Gasteiger partial charge is 0.484 e. The molecule has 1 aromatic heterocycles. The Morgan fingerprint density at radius 3 is 2.55 bits per heavy atom. The molecule has 20 heavy (non-hydrogen) atoms. The zero-order valence-corrected chi connectivity index (χ0v) is 11.3. The highest BCUT2D eigenvalue weighted by molar-refractivity contribution is 7.16. The van der Waals surface area contributed by atoms with Crippen LogP contribution >= 0.6 is 11.3 Å². The third-order valence-electron chi connectivity index (χ3n) is 2.84. The summed E-state index contributed by atoms with van der Waals surface area (Å²) in [6, 6.07) is 16.3. The van der Waals surface area contributed by atoms with Crippen molar-refractivity contribution in [2.75, 3.05) is 6.61 Å². The van der Waals surface area contributed by atoms with Crippen LogP contribution in [0, 0.1) is 0 Å². The van der Waals surface area contributed by atoms with Gasteiger partial charge in [0.2, 0.25) is 0 Å². The summed E-state index contributed by atoms with van der Waals surface area (Å²) in [5, 5.41) is 0. The van der Waals surface area contributed by atoms with E-state index in [4.69, 9.17) is 4.74 Å². The predicted molar refractivity (Wildman–Crippen MR) is 78.6 cm³/mol. The van der Waals surface area contributed by atoms with Gasteiger partial charge in [-0.3, -0.25) is 9.59 Å². The Kier molecular flexibility index (Phi) is 3.35. The summed E-state index contributed by atoms with van der Waals surface area (Å²) in [7, 11) is 0. The maximum atomic E-state index is 12.2. The van der Waals surface area contributed by atoms with Gasteiger partial charge in [-0.1, -0.05) is 41.7 Å². The highest BCUT2D eigenvalue weighted by atomic mass is 32.1. The van der Waals surface area contributed by atoms with Crippen LogP contribution in [0.3, 0.4) is 0 Å². The lowest BCUT2D eigenvalue weighted by Gasteiger charge is -2.05. The van der Waals surface area contributed by atoms with E-state index in [1.54, 1.807) is 24.3 Å². The summed E-state index contributed by atoms with van der Waals surface area (Å²) in [4.78, 5) is 23.8. The number of benzene rings is 2. The van der Waals surface area contributed by atoms with Crippen molar-refractivity contribution in [1.29, 1.82) is 0 Å². The van der Waals surface area contributed by atoms with Crippen molar-refractivity contribution in [3.8, 4) is 5.75 Å². The minimum Gasteiger partial charge on any atom is -0.484 e. The fraction of sp³-hybridized carbons (Fsp3) is 0.0667. The van der Waals surface area contributed by atoms with Crippen molar-refractivity contribution >= 4 is 27.5 Å². The van der Waals surface area contributed by atoms with Gasteiger partial charge < -0.3 is 4.74 Å². The van der Waals surface area contributed by atoms with Gasteiger partial charge in [0, 0.05) is 0 Å². The molecule has 0 saturated carbocycles. The number of ether oxygens (including phenoxy) is 1. The Morgan fingerprint density at radius 2 is 1.75 bits per heavy atom. The topological polar surface area (TPSA) is 48.3 Å². The first-order valence-electron chi connectivity index (χ1n) is 6.07. The average molecular weight is 285 g/mol. The Labute approximate surface area is 118 Å². The van der Waals surface area contributed by atoms with Gasteiger partial charge in [-0.15, -0.1) is 0 Å². The molecule has 0 spiro atoms. The van der Waals surface area contributed by atoms with Crippen LogP contribution < -0.4 is 9.61 Å². The van der Waals surface area contributed by atoms with Crippen molar-refractivity contribution in [2.45, 2.75) is 0 Å². The van der Waals surface area contributed by atoms with Crippen LogP contribution in [-0.4, -0.2) is 17.1 Å². The zero-order valence-electron chi connectivity index (χ0n) is 10.5. The molecule has 0 aliphatic rings. The first-order valence-corrected chi connectivity index (χ1v) is 6.89. The van der Waals surface area contributed by atoms with Gasteiger partial charge in [0.1, 0.15) is 5.75 Å². The standard InChI is InChI=1S/C15H11NO3S/c17-14(10-19-11-6-2-1-3-7-11)16-12-8-4-5-9-13(12)20-15(16)18/h1-9H,10H2. The quantitative estimate of drug-likeness (QED) is 0.743. The Balaban J connectivity index is 1.86. The normalized spacial score (nSPS) is 10.6. The van der Waals surface area contributed by atoms with Crippen molar-refractivity contribution in [2.24, 2.45) is 0 Å². The summed E-state index contributed by atoms with van der Waals surface area (Å²) in [6.45, 7) is -0.162. The number of hydrogen-bond donors (Lipinski definition) is 0. The third kappa shape index (κ3) is 2.35. The molecule has 1 heterocycles. The van der Waals surface area contributed by atoms with Crippen molar-refractivity contribution in [3.05, 3.63) is 64.3 Å². The lowest BCUT2D eigenvalue weighted by Crippen LogP contribution is -2.26. The minimum absolute atomic E-state index is 0.162. The van der Waals surface area contributed by atoms with E-state index in [2.05, 4.69) is 0 Å². The number of fused-ring (bicyclic) bond motifs is 1. The smallest absolute Gasteiger partial charge is 0.315 e.